The first-order chi connectivity index (χ1) is 16.0. The number of hydrogen-bond donors (Lipinski definition) is 2. The van der Waals surface area contributed by atoms with E-state index >= 15 is 0 Å². The summed E-state index contributed by atoms with van der Waals surface area (Å²) < 4.78 is 10.4. The second kappa shape index (κ2) is 10.5. The van der Waals surface area contributed by atoms with Crippen LogP contribution in [0.25, 0.3) is 6.08 Å². The summed E-state index contributed by atoms with van der Waals surface area (Å²) in [4.78, 5) is 29.7. The van der Waals surface area contributed by atoms with Crippen LogP contribution in [-0.2, 0) is 28.9 Å². The van der Waals surface area contributed by atoms with Crippen molar-refractivity contribution in [2.24, 2.45) is 5.92 Å². The van der Waals surface area contributed by atoms with Gasteiger partial charge in [-0.2, -0.15) is 5.26 Å². The van der Waals surface area contributed by atoms with Crippen molar-refractivity contribution in [1.82, 2.24) is 10.3 Å². The first kappa shape index (κ1) is 22.8. The molecule has 10 heteroatoms. The third-order valence-corrected chi connectivity index (χ3v) is 7.32. The highest BCUT2D eigenvalue weighted by atomic mass is 32.1. The summed E-state index contributed by atoms with van der Waals surface area (Å²) in [5.41, 5.74) is 3.22. The molecule has 170 valence electrons. The van der Waals surface area contributed by atoms with Crippen LogP contribution >= 0.6 is 22.7 Å². The smallest absolute Gasteiger partial charge is 0.407 e. The van der Waals surface area contributed by atoms with E-state index in [2.05, 4.69) is 21.7 Å². The first-order valence-corrected chi connectivity index (χ1v) is 12.1. The average molecular weight is 483 g/mol. The number of thiazole rings is 1. The predicted molar refractivity (Wildman–Crippen MR) is 126 cm³/mol. The number of alkyl carbamates (subject to hydrolysis) is 1. The zero-order chi connectivity index (χ0) is 23.2. The maximum absolute atomic E-state index is 12.3. The van der Waals surface area contributed by atoms with Crippen molar-refractivity contribution in [1.29, 1.82) is 5.26 Å². The van der Waals surface area contributed by atoms with E-state index in [0.29, 0.717) is 36.6 Å². The fraction of sp³-hybridized carbons (Fsp3) is 0.304. The molecule has 3 heterocycles. The summed E-state index contributed by atoms with van der Waals surface area (Å²) in [6, 6.07) is 3.98. The van der Waals surface area contributed by atoms with Gasteiger partial charge in [0, 0.05) is 27.6 Å². The van der Waals surface area contributed by atoms with Crippen molar-refractivity contribution in [3.05, 3.63) is 62.3 Å². The van der Waals surface area contributed by atoms with Gasteiger partial charge in [0.15, 0.2) is 0 Å². The lowest BCUT2D eigenvalue weighted by Crippen LogP contribution is -2.27. The van der Waals surface area contributed by atoms with E-state index in [4.69, 9.17) is 9.15 Å². The van der Waals surface area contributed by atoms with E-state index in [9.17, 15) is 14.9 Å². The van der Waals surface area contributed by atoms with Crippen molar-refractivity contribution < 1.29 is 18.7 Å². The van der Waals surface area contributed by atoms with Crippen LogP contribution in [0.15, 0.2) is 34.5 Å². The van der Waals surface area contributed by atoms with Crippen molar-refractivity contribution in [3.63, 3.8) is 0 Å². The minimum absolute atomic E-state index is 0.167. The molecule has 2 N–H and O–H groups in total. The summed E-state index contributed by atoms with van der Waals surface area (Å²) in [6.07, 6.45) is 7.89. The lowest BCUT2D eigenvalue weighted by molar-refractivity contribution is -0.111. The Labute approximate surface area is 198 Å². The molecule has 3 aromatic heterocycles. The number of fused-ring (bicyclic) bond motifs is 1. The lowest BCUT2D eigenvalue weighted by atomic mass is 9.88. The Morgan fingerprint density at radius 3 is 3.06 bits per heavy atom. The first-order valence-electron chi connectivity index (χ1n) is 10.4. The number of carbonyl (C=O) groups excluding carboxylic acids is 2. The number of aryl methyl sites for hydroxylation is 1. The van der Waals surface area contributed by atoms with E-state index in [-0.39, 0.29) is 11.8 Å². The molecule has 4 rings (SSSR count). The molecule has 2 amide bonds. The fourth-order valence-corrected chi connectivity index (χ4v) is 5.60. The number of hydrogen-bond acceptors (Lipinski definition) is 8. The highest BCUT2D eigenvalue weighted by molar-refractivity contribution is 7.16. The molecule has 0 spiro atoms. The van der Waals surface area contributed by atoms with Gasteiger partial charge in [0.05, 0.1) is 31.2 Å². The van der Waals surface area contributed by atoms with Gasteiger partial charge in [0.2, 0.25) is 5.91 Å². The zero-order valence-corrected chi connectivity index (χ0v) is 19.6. The maximum atomic E-state index is 12.3. The number of nitrogens with one attached hydrogen (secondary N) is 2. The topological polar surface area (TPSA) is 117 Å². The molecule has 33 heavy (non-hydrogen) atoms. The number of nitriles is 1. The number of rotatable bonds is 7. The molecule has 1 unspecified atom stereocenters. The van der Waals surface area contributed by atoms with Gasteiger partial charge < -0.3 is 19.8 Å². The Kier molecular flexibility index (Phi) is 7.22. The molecular formula is C23H22N4O4S2. The average Bonchev–Trinajstić information content (AvgIpc) is 3.54. The molecule has 0 aromatic carbocycles. The second-order valence-corrected chi connectivity index (χ2v) is 9.69. The van der Waals surface area contributed by atoms with Crippen LogP contribution in [0.5, 0.6) is 0 Å². The molecule has 0 saturated carbocycles. The zero-order valence-electron chi connectivity index (χ0n) is 17.9. The van der Waals surface area contributed by atoms with Crippen LogP contribution < -0.4 is 10.6 Å². The van der Waals surface area contributed by atoms with Crippen LogP contribution in [0.1, 0.15) is 38.7 Å². The van der Waals surface area contributed by atoms with Crippen molar-refractivity contribution in [2.45, 2.75) is 32.7 Å². The molecule has 0 bridgehead atoms. The van der Waals surface area contributed by atoms with E-state index < -0.39 is 6.09 Å². The van der Waals surface area contributed by atoms with E-state index in [0.717, 1.165) is 33.1 Å². The molecule has 0 saturated heterocycles. The standard InChI is InChI=1S/C23H22N4O4S2/c1-14-13-32-21(26-14)10-25-23(29)31-12-16-2-4-17-18(9-24)22(33-19(17)8-16)27-20(28)5-3-15-6-7-30-11-15/h3,5-7,11,13,16H,2,4,8,10,12H2,1H3,(H,25,29)(H,27,28). The van der Waals surface area contributed by atoms with Gasteiger partial charge in [-0.1, -0.05) is 0 Å². The van der Waals surface area contributed by atoms with E-state index in [1.807, 2.05) is 12.3 Å². The number of aromatic nitrogens is 1. The van der Waals surface area contributed by atoms with Crippen LogP contribution in [0.4, 0.5) is 9.80 Å². The summed E-state index contributed by atoms with van der Waals surface area (Å²) >= 11 is 2.91. The molecular weight excluding hydrogens is 460 g/mol. The van der Waals surface area contributed by atoms with Crippen LogP contribution in [0.2, 0.25) is 0 Å². The molecule has 1 aliphatic carbocycles. The van der Waals surface area contributed by atoms with E-state index in [1.165, 1.54) is 41.3 Å². The number of furan rings is 1. The number of carbonyl (C=O) groups is 2. The number of anilines is 1. The van der Waals surface area contributed by atoms with Gasteiger partial charge in [-0.05, 0) is 49.8 Å². The highest BCUT2D eigenvalue weighted by Crippen LogP contribution is 2.39. The Bertz CT molecular complexity index is 1200. The number of amides is 2. The largest absolute Gasteiger partial charge is 0.472 e. The Balaban J connectivity index is 1.31. The Hall–Kier alpha value is -3.42. The molecule has 0 fully saturated rings. The molecule has 0 aliphatic heterocycles. The quantitative estimate of drug-likeness (QED) is 0.473. The molecule has 8 nitrogen and oxygen atoms in total. The normalized spacial score (nSPS) is 15.1. The maximum Gasteiger partial charge on any atom is 0.407 e. The molecule has 0 radical (unpaired) electrons. The Morgan fingerprint density at radius 2 is 2.33 bits per heavy atom. The summed E-state index contributed by atoms with van der Waals surface area (Å²) in [6.45, 7) is 2.56. The van der Waals surface area contributed by atoms with Crippen LogP contribution in [0.3, 0.4) is 0 Å². The van der Waals surface area contributed by atoms with Crippen molar-refractivity contribution in [2.75, 3.05) is 11.9 Å². The summed E-state index contributed by atoms with van der Waals surface area (Å²) in [7, 11) is 0. The second-order valence-electron chi connectivity index (χ2n) is 7.64. The minimum Gasteiger partial charge on any atom is -0.472 e. The van der Waals surface area contributed by atoms with Crippen molar-refractivity contribution >= 4 is 45.8 Å². The minimum atomic E-state index is -0.463. The van der Waals surface area contributed by atoms with E-state index in [1.54, 1.807) is 12.1 Å². The SMILES string of the molecule is Cc1csc(CNC(=O)OCC2CCc3c(sc(NC(=O)C=Cc4ccoc4)c3C#N)C2)n1. The Morgan fingerprint density at radius 1 is 1.45 bits per heavy atom. The van der Waals surface area contributed by atoms with Crippen molar-refractivity contribution in [3.8, 4) is 6.07 Å². The number of nitrogens with zero attached hydrogens (tertiary/aromatic N) is 2. The highest BCUT2D eigenvalue weighted by Gasteiger charge is 2.27. The molecule has 1 atom stereocenters. The monoisotopic (exact) mass is 482 g/mol. The molecule has 1 aliphatic rings. The van der Waals surface area contributed by atoms with Gasteiger partial charge in [-0.25, -0.2) is 9.78 Å². The van der Waals surface area contributed by atoms with Gasteiger partial charge >= 0.3 is 6.09 Å². The van der Waals surface area contributed by atoms with Crippen LogP contribution in [0, 0.1) is 24.2 Å². The summed E-state index contributed by atoms with van der Waals surface area (Å²) in [5.74, 6) is -0.140. The van der Waals surface area contributed by atoms with Crippen LogP contribution in [-0.4, -0.2) is 23.6 Å². The molecule has 3 aromatic rings. The third-order valence-electron chi connectivity index (χ3n) is 5.19. The van der Waals surface area contributed by atoms with Gasteiger partial charge in [-0.15, -0.1) is 22.7 Å². The predicted octanol–water partition coefficient (Wildman–Crippen LogP) is 4.66. The van der Waals surface area contributed by atoms with Gasteiger partial charge in [0.1, 0.15) is 16.1 Å². The lowest BCUT2D eigenvalue weighted by Gasteiger charge is -2.21. The third kappa shape index (κ3) is 5.88. The number of thiophene rings is 1. The summed E-state index contributed by atoms with van der Waals surface area (Å²) in [5, 5.41) is 18.5. The van der Waals surface area contributed by atoms with Gasteiger partial charge in [-0.3, -0.25) is 4.79 Å². The van der Waals surface area contributed by atoms with Gasteiger partial charge in [0.25, 0.3) is 0 Å². The fourth-order valence-electron chi connectivity index (χ4n) is 3.57. The number of ether oxygens (including phenoxy) is 1.